The fraction of sp³-hybridized carbons (Fsp3) is 0.444. The second-order valence-electron chi connectivity index (χ2n) is 9.34. The van der Waals surface area contributed by atoms with Crippen molar-refractivity contribution in [2.45, 2.75) is 50.7 Å². The van der Waals surface area contributed by atoms with E-state index in [-0.39, 0.29) is 11.6 Å². The zero-order chi connectivity index (χ0) is 24.8. The van der Waals surface area contributed by atoms with Crippen LogP contribution in [0.15, 0.2) is 66.1 Å². The van der Waals surface area contributed by atoms with E-state index in [2.05, 4.69) is 69.8 Å². The molecule has 4 rings (SSSR count). The van der Waals surface area contributed by atoms with E-state index in [1.807, 2.05) is 12.1 Å². The van der Waals surface area contributed by atoms with Crippen LogP contribution in [0.25, 0.3) is 0 Å². The Morgan fingerprint density at radius 2 is 1.74 bits per heavy atom. The van der Waals surface area contributed by atoms with Crippen molar-refractivity contribution in [2.75, 3.05) is 31.1 Å². The van der Waals surface area contributed by atoms with E-state index >= 15 is 0 Å². The van der Waals surface area contributed by atoms with Gasteiger partial charge in [-0.25, -0.2) is 18.1 Å². The van der Waals surface area contributed by atoms with Gasteiger partial charge in [0.15, 0.2) is 5.03 Å². The van der Waals surface area contributed by atoms with E-state index in [4.69, 9.17) is 0 Å². The highest BCUT2D eigenvalue weighted by atomic mass is 32.2. The number of aromatic nitrogens is 2. The number of hydrogen-bond acceptors (Lipinski definition) is 5. The summed E-state index contributed by atoms with van der Waals surface area (Å²) in [4.78, 5) is 8.86. The number of anilines is 1. The van der Waals surface area contributed by atoms with Crippen molar-refractivity contribution in [2.24, 2.45) is 7.05 Å². The molecule has 1 aliphatic rings. The molecule has 2 heterocycles. The van der Waals surface area contributed by atoms with Crippen LogP contribution in [-0.2, 0) is 30.2 Å². The molecule has 0 radical (unpaired) electrons. The minimum atomic E-state index is -3.61. The van der Waals surface area contributed by atoms with E-state index in [0.717, 1.165) is 51.1 Å². The number of imidazole rings is 1. The van der Waals surface area contributed by atoms with Crippen molar-refractivity contribution in [3.8, 4) is 0 Å². The Morgan fingerprint density at radius 1 is 1.03 bits per heavy atom. The molecule has 1 aliphatic heterocycles. The van der Waals surface area contributed by atoms with Crippen molar-refractivity contribution in [3.63, 3.8) is 0 Å². The van der Waals surface area contributed by atoms with Gasteiger partial charge in [0.05, 0.1) is 6.33 Å². The van der Waals surface area contributed by atoms with Gasteiger partial charge in [0.2, 0.25) is 0 Å². The number of nitrogens with zero attached hydrogens (tertiary/aromatic N) is 4. The molecular formula is C27H37N5O2S. The molecule has 0 amide bonds. The molecule has 0 saturated carbocycles. The molecule has 1 fully saturated rings. The SMILES string of the molecule is CCN(CC)c1ccc(CN2CCC(c3cccc(CNS(=O)(=O)c4cn(C)cn4)c3)CC2)cc1. The largest absolute Gasteiger partial charge is 0.372 e. The summed E-state index contributed by atoms with van der Waals surface area (Å²) in [5.41, 5.74) is 4.92. The summed E-state index contributed by atoms with van der Waals surface area (Å²) in [6, 6.07) is 17.3. The number of aryl methyl sites for hydroxylation is 1. The fourth-order valence-corrected chi connectivity index (χ4v) is 5.82. The topological polar surface area (TPSA) is 70.5 Å². The highest BCUT2D eigenvalue weighted by Crippen LogP contribution is 2.29. The first-order valence-corrected chi connectivity index (χ1v) is 14.0. The highest BCUT2D eigenvalue weighted by molar-refractivity contribution is 7.89. The average Bonchev–Trinajstić information content (AvgIpc) is 3.33. The summed E-state index contributed by atoms with van der Waals surface area (Å²) in [6.07, 6.45) is 5.22. The van der Waals surface area contributed by atoms with Gasteiger partial charge in [0.25, 0.3) is 10.0 Å². The lowest BCUT2D eigenvalue weighted by molar-refractivity contribution is 0.204. The summed E-state index contributed by atoms with van der Waals surface area (Å²) in [5, 5.41) is 0.0474. The first-order chi connectivity index (χ1) is 16.9. The molecular weight excluding hydrogens is 458 g/mol. The predicted octanol–water partition coefficient (Wildman–Crippen LogP) is 4.12. The van der Waals surface area contributed by atoms with Crippen molar-refractivity contribution < 1.29 is 8.42 Å². The van der Waals surface area contributed by atoms with Gasteiger partial charge in [-0.2, -0.15) is 0 Å². The third-order valence-electron chi connectivity index (χ3n) is 6.90. The van der Waals surface area contributed by atoms with Crippen LogP contribution >= 0.6 is 0 Å². The summed E-state index contributed by atoms with van der Waals surface area (Å²) in [6.45, 7) is 9.82. The first kappa shape index (κ1) is 25.4. The molecule has 35 heavy (non-hydrogen) atoms. The molecule has 1 saturated heterocycles. The summed E-state index contributed by atoms with van der Waals surface area (Å²) < 4.78 is 29.3. The van der Waals surface area contributed by atoms with Crippen LogP contribution in [0.5, 0.6) is 0 Å². The Balaban J connectivity index is 1.30. The Labute approximate surface area is 209 Å². The Bertz CT molecular complexity index is 1190. The van der Waals surface area contributed by atoms with Gasteiger partial charge in [0, 0.05) is 45.1 Å². The van der Waals surface area contributed by atoms with Crippen LogP contribution in [0.1, 0.15) is 49.3 Å². The molecule has 0 unspecified atom stereocenters. The van der Waals surface area contributed by atoms with Crippen molar-refractivity contribution in [1.29, 1.82) is 0 Å². The fourth-order valence-electron chi connectivity index (χ4n) is 4.82. The van der Waals surface area contributed by atoms with Crippen molar-refractivity contribution in [3.05, 3.63) is 77.7 Å². The number of benzene rings is 2. The van der Waals surface area contributed by atoms with Gasteiger partial charge in [-0.3, -0.25) is 4.90 Å². The zero-order valence-electron chi connectivity index (χ0n) is 21.0. The van der Waals surface area contributed by atoms with Crippen LogP contribution < -0.4 is 9.62 Å². The van der Waals surface area contributed by atoms with Gasteiger partial charge in [0.1, 0.15) is 0 Å². The summed E-state index contributed by atoms with van der Waals surface area (Å²) in [5.74, 6) is 0.503. The third kappa shape index (κ3) is 6.51. The quantitative estimate of drug-likeness (QED) is 0.458. The van der Waals surface area contributed by atoms with Crippen molar-refractivity contribution >= 4 is 15.7 Å². The van der Waals surface area contributed by atoms with Crippen LogP contribution in [-0.4, -0.2) is 49.0 Å². The maximum atomic E-state index is 12.5. The standard InChI is InChI=1S/C27H37N5O2S/c1-4-32(5-2)26-11-9-22(10-12-26)19-31-15-13-24(14-16-31)25-8-6-7-23(17-25)18-29-35(33,34)27-20-30(3)21-28-27/h6-12,17,20-21,24,29H,4-5,13-16,18-19H2,1-3H3. The molecule has 188 valence electrons. The van der Waals surface area contributed by atoms with Gasteiger partial charge in [-0.05, 0) is 74.5 Å². The molecule has 8 heteroatoms. The second-order valence-corrected chi connectivity index (χ2v) is 11.0. The van der Waals surface area contributed by atoms with Crippen molar-refractivity contribution in [1.82, 2.24) is 19.2 Å². The van der Waals surface area contributed by atoms with E-state index in [1.165, 1.54) is 29.3 Å². The normalized spacial score (nSPS) is 15.4. The predicted molar refractivity (Wildman–Crippen MR) is 141 cm³/mol. The number of rotatable bonds is 10. The monoisotopic (exact) mass is 495 g/mol. The number of sulfonamides is 1. The van der Waals surface area contributed by atoms with Gasteiger partial charge >= 0.3 is 0 Å². The van der Waals surface area contributed by atoms with Crippen LogP contribution in [0, 0.1) is 0 Å². The van der Waals surface area contributed by atoms with E-state index in [1.54, 1.807) is 11.6 Å². The summed E-state index contributed by atoms with van der Waals surface area (Å²) in [7, 11) is -1.86. The van der Waals surface area contributed by atoms with Crippen LogP contribution in [0.2, 0.25) is 0 Å². The molecule has 1 aromatic heterocycles. The Hall–Kier alpha value is -2.68. The lowest BCUT2D eigenvalue weighted by Crippen LogP contribution is -2.32. The third-order valence-corrected chi connectivity index (χ3v) is 8.19. The second kappa shape index (κ2) is 11.4. The average molecular weight is 496 g/mol. The van der Waals surface area contributed by atoms with Gasteiger partial charge in [-0.15, -0.1) is 0 Å². The smallest absolute Gasteiger partial charge is 0.259 e. The number of piperidine rings is 1. The maximum absolute atomic E-state index is 12.5. The molecule has 0 atom stereocenters. The van der Waals surface area contributed by atoms with E-state index < -0.39 is 10.0 Å². The lowest BCUT2D eigenvalue weighted by Gasteiger charge is -2.32. The molecule has 0 bridgehead atoms. The molecule has 0 aliphatic carbocycles. The molecule has 2 aromatic carbocycles. The molecule has 3 aromatic rings. The number of likely N-dealkylation sites (tertiary alicyclic amines) is 1. The Kier molecular flexibility index (Phi) is 8.26. The zero-order valence-corrected chi connectivity index (χ0v) is 21.8. The lowest BCUT2D eigenvalue weighted by atomic mass is 9.88. The number of nitrogens with one attached hydrogen (secondary N) is 1. The van der Waals surface area contributed by atoms with Crippen LogP contribution in [0.3, 0.4) is 0 Å². The number of hydrogen-bond donors (Lipinski definition) is 1. The molecule has 1 N–H and O–H groups in total. The highest BCUT2D eigenvalue weighted by Gasteiger charge is 2.21. The molecule has 0 spiro atoms. The summed E-state index contributed by atoms with van der Waals surface area (Å²) >= 11 is 0. The molecule has 7 nitrogen and oxygen atoms in total. The first-order valence-electron chi connectivity index (χ1n) is 12.5. The minimum absolute atomic E-state index is 0.0474. The van der Waals surface area contributed by atoms with Crippen LogP contribution in [0.4, 0.5) is 5.69 Å². The van der Waals surface area contributed by atoms with E-state index in [9.17, 15) is 8.42 Å². The van der Waals surface area contributed by atoms with Gasteiger partial charge < -0.3 is 9.47 Å². The van der Waals surface area contributed by atoms with E-state index in [0.29, 0.717) is 5.92 Å². The Morgan fingerprint density at radius 3 is 2.37 bits per heavy atom. The minimum Gasteiger partial charge on any atom is -0.372 e. The maximum Gasteiger partial charge on any atom is 0.259 e. The van der Waals surface area contributed by atoms with Gasteiger partial charge in [-0.1, -0.05) is 36.4 Å².